The maximum Gasteiger partial charge on any atom is 0.0436 e. The Morgan fingerprint density at radius 1 is 1.09 bits per heavy atom. The van der Waals surface area contributed by atoms with Gasteiger partial charge in [-0.05, 0) is 50.7 Å². The van der Waals surface area contributed by atoms with Crippen molar-refractivity contribution >= 4 is 0 Å². The number of hydrogen-bond acceptors (Lipinski definition) is 2. The van der Waals surface area contributed by atoms with Crippen molar-refractivity contribution in [2.45, 2.75) is 25.7 Å². The van der Waals surface area contributed by atoms with Crippen molar-refractivity contribution in [2.75, 3.05) is 26.2 Å². The Morgan fingerprint density at radius 2 is 1.64 bits per heavy atom. The molecule has 2 heteroatoms. The second kappa shape index (κ2) is 2.76. The molecule has 2 bridgehead atoms. The third kappa shape index (κ3) is 1.30. The highest BCUT2D eigenvalue weighted by Crippen LogP contribution is 2.42. The number of nitrogens with zero attached hydrogens (tertiary/aromatic N) is 1. The molecule has 0 atom stereocenters. The summed E-state index contributed by atoms with van der Waals surface area (Å²) in [6.07, 6.45) is 5.02. The molecule has 3 rings (SSSR count). The van der Waals surface area contributed by atoms with Crippen molar-refractivity contribution in [2.24, 2.45) is 5.41 Å². The van der Waals surface area contributed by atoms with E-state index in [1.165, 1.54) is 38.9 Å². The lowest BCUT2D eigenvalue weighted by Gasteiger charge is -2.48. The van der Waals surface area contributed by atoms with E-state index in [-0.39, 0.29) is 0 Å². The van der Waals surface area contributed by atoms with Gasteiger partial charge >= 0.3 is 0 Å². The lowest BCUT2D eigenvalue weighted by molar-refractivity contribution is 0.00845. The maximum atomic E-state index is 8.92. The molecule has 0 spiro atoms. The maximum absolute atomic E-state index is 8.92. The van der Waals surface area contributed by atoms with Crippen molar-refractivity contribution in [3.63, 3.8) is 0 Å². The first-order chi connectivity index (χ1) is 5.35. The molecular weight excluding hydrogens is 138 g/mol. The Morgan fingerprint density at radius 3 is 2.09 bits per heavy atom. The van der Waals surface area contributed by atoms with Gasteiger partial charge in [0.1, 0.15) is 0 Å². The van der Waals surface area contributed by atoms with E-state index in [0.29, 0.717) is 12.0 Å². The normalized spacial score (nSPS) is 42.8. The molecule has 3 fully saturated rings. The molecule has 0 aromatic carbocycles. The van der Waals surface area contributed by atoms with Crippen LogP contribution in [0, 0.1) is 5.41 Å². The van der Waals surface area contributed by atoms with E-state index >= 15 is 0 Å². The van der Waals surface area contributed by atoms with Crippen LogP contribution < -0.4 is 0 Å². The summed E-state index contributed by atoms with van der Waals surface area (Å²) in [5, 5.41) is 8.92. The van der Waals surface area contributed by atoms with Crippen LogP contribution in [0.4, 0.5) is 0 Å². The second-order valence-corrected chi connectivity index (χ2v) is 4.07. The largest absolute Gasteiger partial charge is 0.396 e. The number of aliphatic hydroxyl groups is 1. The Kier molecular flexibility index (Phi) is 1.90. The molecule has 3 aliphatic rings. The average Bonchev–Trinajstić information content (AvgIpc) is 2.07. The summed E-state index contributed by atoms with van der Waals surface area (Å²) in [6.45, 7) is 4.22. The summed E-state index contributed by atoms with van der Waals surface area (Å²) in [4.78, 5) is 2.54. The van der Waals surface area contributed by atoms with Gasteiger partial charge in [0.05, 0.1) is 0 Å². The van der Waals surface area contributed by atoms with E-state index in [1.54, 1.807) is 0 Å². The smallest absolute Gasteiger partial charge is 0.0436 e. The highest BCUT2D eigenvalue weighted by molar-refractivity contribution is 4.91. The minimum Gasteiger partial charge on any atom is -0.396 e. The Hall–Kier alpha value is -0.0800. The van der Waals surface area contributed by atoms with Crippen molar-refractivity contribution in [1.29, 1.82) is 0 Å². The molecule has 0 aromatic heterocycles. The molecule has 2 nitrogen and oxygen atoms in total. The van der Waals surface area contributed by atoms with Crippen LogP contribution in [0.15, 0.2) is 0 Å². The molecule has 11 heavy (non-hydrogen) atoms. The monoisotopic (exact) mass is 155 g/mol. The number of piperidine rings is 3. The molecule has 1 N–H and O–H groups in total. The van der Waals surface area contributed by atoms with Crippen LogP contribution in [0.3, 0.4) is 0 Å². The summed E-state index contributed by atoms with van der Waals surface area (Å²) in [6, 6.07) is 0. The molecule has 0 aliphatic carbocycles. The molecule has 0 amide bonds. The average molecular weight is 155 g/mol. The van der Waals surface area contributed by atoms with Gasteiger partial charge in [-0.15, -0.1) is 0 Å². The van der Waals surface area contributed by atoms with Gasteiger partial charge in [-0.1, -0.05) is 0 Å². The molecule has 3 saturated heterocycles. The minimum absolute atomic E-state index is 0.389. The molecule has 3 heterocycles. The minimum atomic E-state index is 0.389. The van der Waals surface area contributed by atoms with Gasteiger partial charge in [0.25, 0.3) is 0 Å². The summed E-state index contributed by atoms with van der Waals surface area (Å²) in [5.41, 5.74) is 0.545. The standard InChI is InChI=1S/C9H17NO/c11-8-4-9-1-5-10(6-2-9)7-3-9/h11H,1-8H2. The fourth-order valence-corrected chi connectivity index (χ4v) is 2.51. The molecule has 0 radical (unpaired) electrons. The summed E-state index contributed by atoms with van der Waals surface area (Å²) < 4.78 is 0. The number of fused-ring (bicyclic) bond motifs is 3. The first-order valence-electron chi connectivity index (χ1n) is 4.68. The van der Waals surface area contributed by atoms with E-state index in [0.717, 1.165) is 6.42 Å². The van der Waals surface area contributed by atoms with Crippen molar-refractivity contribution in [3.05, 3.63) is 0 Å². The predicted molar refractivity (Wildman–Crippen MR) is 44.4 cm³/mol. The van der Waals surface area contributed by atoms with E-state index in [2.05, 4.69) is 4.90 Å². The fourth-order valence-electron chi connectivity index (χ4n) is 2.51. The summed E-state index contributed by atoms with van der Waals surface area (Å²) >= 11 is 0. The fraction of sp³-hybridized carbons (Fsp3) is 1.00. The van der Waals surface area contributed by atoms with Crippen LogP contribution in [0.2, 0.25) is 0 Å². The predicted octanol–water partition coefficient (Wildman–Crippen LogP) is 0.855. The zero-order chi connectivity index (χ0) is 7.73. The third-order valence-corrected chi connectivity index (χ3v) is 3.52. The van der Waals surface area contributed by atoms with Gasteiger partial charge in [-0.2, -0.15) is 0 Å². The molecular formula is C9H17NO. The Balaban J connectivity index is 2.00. The van der Waals surface area contributed by atoms with E-state index in [1.807, 2.05) is 0 Å². The van der Waals surface area contributed by atoms with Crippen LogP contribution in [-0.4, -0.2) is 36.2 Å². The van der Waals surface area contributed by atoms with Crippen LogP contribution in [-0.2, 0) is 0 Å². The lowest BCUT2D eigenvalue weighted by atomic mass is 9.70. The van der Waals surface area contributed by atoms with Crippen LogP contribution in [0.1, 0.15) is 25.7 Å². The molecule has 0 unspecified atom stereocenters. The van der Waals surface area contributed by atoms with Crippen LogP contribution in [0.5, 0.6) is 0 Å². The first kappa shape index (κ1) is 7.56. The van der Waals surface area contributed by atoms with Gasteiger partial charge in [-0.25, -0.2) is 0 Å². The number of aliphatic hydroxyl groups excluding tert-OH is 1. The quantitative estimate of drug-likeness (QED) is 0.639. The highest BCUT2D eigenvalue weighted by Gasteiger charge is 2.38. The highest BCUT2D eigenvalue weighted by atomic mass is 16.3. The summed E-state index contributed by atoms with van der Waals surface area (Å²) in [5.74, 6) is 0. The zero-order valence-electron chi connectivity index (χ0n) is 7.05. The Bertz CT molecular complexity index is 119. The van der Waals surface area contributed by atoms with Crippen LogP contribution in [0.25, 0.3) is 0 Å². The van der Waals surface area contributed by atoms with E-state index < -0.39 is 0 Å². The summed E-state index contributed by atoms with van der Waals surface area (Å²) in [7, 11) is 0. The van der Waals surface area contributed by atoms with E-state index in [9.17, 15) is 0 Å². The topological polar surface area (TPSA) is 23.5 Å². The van der Waals surface area contributed by atoms with Gasteiger partial charge in [-0.3, -0.25) is 0 Å². The second-order valence-electron chi connectivity index (χ2n) is 4.07. The molecule has 0 aromatic rings. The van der Waals surface area contributed by atoms with Crippen molar-refractivity contribution in [3.8, 4) is 0 Å². The van der Waals surface area contributed by atoms with Crippen LogP contribution >= 0.6 is 0 Å². The lowest BCUT2D eigenvalue weighted by Crippen LogP contribution is -2.48. The van der Waals surface area contributed by atoms with Gasteiger partial charge < -0.3 is 10.0 Å². The third-order valence-electron chi connectivity index (χ3n) is 3.52. The Labute approximate surface area is 68.2 Å². The van der Waals surface area contributed by atoms with E-state index in [4.69, 9.17) is 5.11 Å². The van der Waals surface area contributed by atoms with Gasteiger partial charge in [0.15, 0.2) is 0 Å². The molecule has 64 valence electrons. The van der Waals surface area contributed by atoms with Gasteiger partial charge in [0, 0.05) is 6.61 Å². The first-order valence-corrected chi connectivity index (χ1v) is 4.68. The molecule has 3 aliphatic heterocycles. The van der Waals surface area contributed by atoms with Crippen molar-refractivity contribution < 1.29 is 5.11 Å². The van der Waals surface area contributed by atoms with Gasteiger partial charge in [0.2, 0.25) is 0 Å². The number of hydrogen-bond donors (Lipinski definition) is 1. The molecule has 0 saturated carbocycles. The SMILES string of the molecule is OCCC12CCN(CC1)CC2. The number of rotatable bonds is 2. The zero-order valence-corrected chi connectivity index (χ0v) is 7.05. The van der Waals surface area contributed by atoms with Crippen molar-refractivity contribution in [1.82, 2.24) is 4.90 Å².